The molecule has 6 nitrogen and oxygen atoms in total. The van der Waals surface area contributed by atoms with Gasteiger partial charge in [0.2, 0.25) is 5.91 Å². The summed E-state index contributed by atoms with van der Waals surface area (Å²) < 4.78 is 0. The number of carbonyl (C=O) groups is 2. The Kier molecular flexibility index (Phi) is 4.45. The standard InChI is InChI=1S/C15H21N3O3/c1-10-4-6-15(7-5-10,14(20)21)9-18-12-3-2-11(8-17-12)13(16)19/h2-3,8,10H,4-7,9H2,1H3,(H2,16,19)(H,17,18)(H,20,21). The van der Waals surface area contributed by atoms with Crippen molar-refractivity contribution in [1.29, 1.82) is 0 Å². The summed E-state index contributed by atoms with van der Waals surface area (Å²) in [6.07, 6.45) is 4.61. The van der Waals surface area contributed by atoms with Gasteiger partial charge in [-0.25, -0.2) is 4.98 Å². The normalized spacial score (nSPS) is 25.3. The highest BCUT2D eigenvalue weighted by atomic mass is 16.4. The zero-order chi connectivity index (χ0) is 15.5. The summed E-state index contributed by atoms with van der Waals surface area (Å²) in [7, 11) is 0. The lowest BCUT2D eigenvalue weighted by Crippen LogP contribution is -2.41. The van der Waals surface area contributed by atoms with E-state index in [0.717, 1.165) is 12.8 Å². The van der Waals surface area contributed by atoms with E-state index in [1.807, 2.05) is 0 Å². The maximum atomic E-state index is 11.6. The van der Waals surface area contributed by atoms with Gasteiger partial charge in [0.25, 0.3) is 0 Å². The number of rotatable bonds is 5. The molecule has 0 radical (unpaired) electrons. The van der Waals surface area contributed by atoms with E-state index in [1.165, 1.54) is 6.20 Å². The van der Waals surface area contributed by atoms with E-state index < -0.39 is 17.3 Å². The van der Waals surface area contributed by atoms with E-state index in [9.17, 15) is 14.7 Å². The number of aromatic nitrogens is 1. The largest absolute Gasteiger partial charge is 0.481 e. The number of carboxylic acids is 1. The van der Waals surface area contributed by atoms with Crippen LogP contribution in [0.3, 0.4) is 0 Å². The summed E-state index contributed by atoms with van der Waals surface area (Å²) in [5, 5.41) is 12.6. The molecule has 6 heteroatoms. The molecular formula is C15H21N3O3. The lowest BCUT2D eigenvalue weighted by molar-refractivity contribution is -0.150. The smallest absolute Gasteiger partial charge is 0.311 e. The fourth-order valence-electron chi connectivity index (χ4n) is 2.68. The summed E-state index contributed by atoms with van der Waals surface area (Å²) in [4.78, 5) is 26.7. The van der Waals surface area contributed by atoms with E-state index in [-0.39, 0.29) is 0 Å². The molecule has 1 fully saturated rings. The molecule has 1 aromatic heterocycles. The van der Waals surface area contributed by atoms with Crippen LogP contribution in [0, 0.1) is 11.3 Å². The molecule has 0 aliphatic heterocycles. The number of nitrogens with two attached hydrogens (primary N) is 1. The van der Waals surface area contributed by atoms with Gasteiger partial charge in [0, 0.05) is 12.7 Å². The highest BCUT2D eigenvalue weighted by molar-refractivity contribution is 5.92. The Labute approximate surface area is 123 Å². The van der Waals surface area contributed by atoms with Crippen LogP contribution in [0.15, 0.2) is 18.3 Å². The van der Waals surface area contributed by atoms with E-state index in [4.69, 9.17) is 5.73 Å². The summed E-state index contributed by atoms with van der Waals surface area (Å²) in [5.74, 6) is -0.141. The molecule has 0 saturated heterocycles. The fraction of sp³-hybridized carbons (Fsp3) is 0.533. The number of primary amides is 1. The number of carboxylic acid groups (broad SMARTS) is 1. The van der Waals surface area contributed by atoms with Crippen molar-refractivity contribution in [3.8, 4) is 0 Å². The third-order valence-electron chi connectivity index (χ3n) is 4.34. The Bertz CT molecular complexity index is 519. The molecule has 0 unspecified atom stereocenters. The molecule has 1 aromatic rings. The van der Waals surface area contributed by atoms with Crippen molar-refractivity contribution in [3.05, 3.63) is 23.9 Å². The minimum atomic E-state index is -0.754. The first-order valence-electron chi connectivity index (χ1n) is 7.16. The molecule has 1 aliphatic rings. The Hall–Kier alpha value is -2.11. The first-order valence-corrected chi connectivity index (χ1v) is 7.16. The van der Waals surface area contributed by atoms with Crippen molar-refractivity contribution >= 4 is 17.7 Å². The Morgan fingerprint density at radius 1 is 1.43 bits per heavy atom. The third kappa shape index (κ3) is 3.51. The van der Waals surface area contributed by atoms with Crippen molar-refractivity contribution in [2.75, 3.05) is 11.9 Å². The lowest BCUT2D eigenvalue weighted by atomic mass is 9.71. The third-order valence-corrected chi connectivity index (χ3v) is 4.34. The van der Waals surface area contributed by atoms with Crippen molar-refractivity contribution < 1.29 is 14.7 Å². The van der Waals surface area contributed by atoms with Crippen LogP contribution >= 0.6 is 0 Å². The molecule has 0 spiro atoms. The average Bonchev–Trinajstić information content (AvgIpc) is 2.47. The van der Waals surface area contributed by atoms with Gasteiger partial charge < -0.3 is 16.2 Å². The number of hydrogen-bond donors (Lipinski definition) is 3. The second kappa shape index (κ2) is 6.11. The number of aliphatic carboxylic acids is 1. The van der Waals surface area contributed by atoms with Crippen LogP contribution in [0.4, 0.5) is 5.82 Å². The Morgan fingerprint density at radius 2 is 2.10 bits per heavy atom. The van der Waals surface area contributed by atoms with Crippen molar-refractivity contribution in [2.24, 2.45) is 17.1 Å². The number of amides is 1. The molecule has 21 heavy (non-hydrogen) atoms. The van der Waals surface area contributed by atoms with Gasteiger partial charge in [-0.05, 0) is 43.7 Å². The van der Waals surface area contributed by atoms with Crippen LogP contribution in [-0.2, 0) is 4.79 Å². The Balaban J connectivity index is 2.02. The molecule has 114 valence electrons. The van der Waals surface area contributed by atoms with E-state index in [2.05, 4.69) is 17.2 Å². The van der Waals surface area contributed by atoms with Gasteiger partial charge in [-0.3, -0.25) is 9.59 Å². The Morgan fingerprint density at radius 3 is 2.57 bits per heavy atom. The molecule has 0 bridgehead atoms. The molecule has 1 aliphatic carbocycles. The highest BCUT2D eigenvalue weighted by Crippen LogP contribution is 2.39. The van der Waals surface area contributed by atoms with E-state index in [0.29, 0.717) is 36.7 Å². The number of anilines is 1. The summed E-state index contributed by atoms with van der Waals surface area (Å²) in [5.41, 5.74) is 4.76. The summed E-state index contributed by atoms with van der Waals surface area (Å²) in [6.45, 7) is 2.50. The molecule has 0 atom stereocenters. The zero-order valence-corrected chi connectivity index (χ0v) is 12.1. The van der Waals surface area contributed by atoms with E-state index >= 15 is 0 Å². The van der Waals surface area contributed by atoms with Crippen LogP contribution in [-0.4, -0.2) is 28.5 Å². The van der Waals surface area contributed by atoms with Crippen molar-refractivity contribution in [3.63, 3.8) is 0 Å². The number of carbonyl (C=O) groups excluding carboxylic acids is 1. The maximum Gasteiger partial charge on any atom is 0.311 e. The van der Waals surface area contributed by atoms with E-state index in [1.54, 1.807) is 12.1 Å². The number of nitrogens with zero attached hydrogens (tertiary/aromatic N) is 1. The molecule has 1 amide bonds. The van der Waals surface area contributed by atoms with Gasteiger partial charge in [-0.15, -0.1) is 0 Å². The molecule has 0 aromatic carbocycles. The predicted octanol–water partition coefficient (Wildman–Crippen LogP) is 1.87. The van der Waals surface area contributed by atoms with Gasteiger partial charge in [-0.1, -0.05) is 6.92 Å². The van der Waals surface area contributed by atoms with Gasteiger partial charge >= 0.3 is 5.97 Å². The van der Waals surface area contributed by atoms with Crippen LogP contribution in [0.1, 0.15) is 43.0 Å². The van der Waals surface area contributed by atoms with Gasteiger partial charge in [0.15, 0.2) is 0 Å². The van der Waals surface area contributed by atoms with Gasteiger partial charge in [-0.2, -0.15) is 0 Å². The minimum Gasteiger partial charge on any atom is -0.481 e. The molecule has 2 rings (SSSR count). The fourth-order valence-corrected chi connectivity index (χ4v) is 2.68. The van der Waals surface area contributed by atoms with Crippen LogP contribution < -0.4 is 11.1 Å². The number of nitrogens with one attached hydrogen (secondary N) is 1. The quantitative estimate of drug-likeness (QED) is 0.768. The zero-order valence-electron chi connectivity index (χ0n) is 12.1. The molecule has 1 heterocycles. The topological polar surface area (TPSA) is 105 Å². The van der Waals surface area contributed by atoms with Gasteiger partial charge in [0.05, 0.1) is 11.0 Å². The minimum absolute atomic E-state index is 0.333. The number of hydrogen-bond acceptors (Lipinski definition) is 4. The maximum absolute atomic E-state index is 11.6. The molecule has 1 saturated carbocycles. The van der Waals surface area contributed by atoms with Crippen LogP contribution in [0.5, 0.6) is 0 Å². The van der Waals surface area contributed by atoms with Crippen molar-refractivity contribution in [2.45, 2.75) is 32.6 Å². The first kappa shape index (κ1) is 15.3. The monoisotopic (exact) mass is 291 g/mol. The average molecular weight is 291 g/mol. The second-order valence-electron chi connectivity index (χ2n) is 5.92. The van der Waals surface area contributed by atoms with Crippen LogP contribution in [0.2, 0.25) is 0 Å². The second-order valence-corrected chi connectivity index (χ2v) is 5.92. The molecule has 4 N–H and O–H groups in total. The lowest BCUT2D eigenvalue weighted by Gasteiger charge is -2.36. The number of pyridine rings is 1. The van der Waals surface area contributed by atoms with Gasteiger partial charge in [0.1, 0.15) is 5.82 Å². The highest BCUT2D eigenvalue weighted by Gasteiger charge is 2.41. The predicted molar refractivity (Wildman–Crippen MR) is 78.9 cm³/mol. The SMILES string of the molecule is CC1CCC(CNc2ccc(C(N)=O)cn2)(C(=O)O)CC1. The van der Waals surface area contributed by atoms with Crippen LogP contribution in [0.25, 0.3) is 0 Å². The molecular weight excluding hydrogens is 270 g/mol. The van der Waals surface area contributed by atoms with Crippen molar-refractivity contribution in [1.82, 2.24) is 4.98 Å². The summed E-state index contributed by atoms with van der Waals surface area (Å²) >= 11 is 0. The first-order chi connectivity index (χ1) is 9.93. The summed E-state index contributed by atoms with van der Waals surface area (Å²) in [6, 6.07) is 3.22.